The molecule has 0 spiro atoms. The molecule has 0 aliphatic heterocycles. The van der Waals surface area contributed by atoms with Crippen molar-refractivity contribution in [3.8, 4) is 10.6 Å². The molecule has 21 heavy (non-hydrogen) atoms. The van der Waals surface area contributed by atoms with Crippen LogP contribution in [0.15, 0.2) is 24.3 Å². The van der Waals surface area contributed by atoms with E-state index in [-0.39, 0.29) is 11.9 Å². The summed E-state index contributed by atoms with van der Waals surface area (Å²) in [4.78, 5) is 18.1. The molecule has 1 aliphatic rings. The predicted molar refractivity (Wildman–Crippen MR) is 84.6 cm³/mol. The third kappa shape index (κ3) is 2.86. The summed E-state index contributed by atoms with van der Waals surface area (Å²) in [5.74, 6) is -0.303. The molecule has 2 aromatic rings. The van der Waals surface area contributed by atoms with Crippen LogP contribution in [0.2, 0.25) is 0 Å². The molecule has 1 aliphatic carbocycles. The summed E-state index contributed by atoms with van der Waals surface area (Å²) in [5, 5.41) is 1.01. The van der Waals surface area contributed by atoms with E-state index >= 15 is 0 Å². The standard InChI is InChI=1S/C17H19NO2S/c1-3-20-17(19)13-8-5-9-14-15(13)18-16(21-14)12-7-4-6-11(2)10-12/h4,6-7,10,13H,3,5,8-9H2,1-2H3. The number of carbonyl (C=O) groups is 1. The van der Waals surface area contributed by atoms with Gasteiger partial charge in [0.1, 0.15) is 10.9 Å². The van der Waals surface area contributed by atoms with Crippen LogP contribution in [0.1, 0.15) is 41.8 Å². The normalized spacial score (nSPS) is 17.3. The summed E-state index contributed by atoms with van der Waals surface area (Å²) in [6.45, 7) is 4.36. The highest BCUT2D eigenvalue weighted by atomic mass is 32.1. The molecule has 1 aromatic heterocycles. The Hall–Kier alpha value is -1.68. The maximum absolute atomic E-state index is 12.1. The number of aromatic nitrogens is 1. The molecule has 0 radical (unpaired) electrons. The van der Waals surface area contributed by atoms with Crippen molar-refractivity contribution < 1.29 is 9.53 Å². The van der Waals surface area contributed by atoms with Gasteiger partial charge >= 0.3 is 5.97 Å². The van der Waals surface area contributed by atoms with E-state index in [0.717, 1.165) is 35.5 Å². The first kappa shape index (κ1) is 14.3. The smallest absolute Gasteiger partial charge is 0.315 e. The van der Waals surface area contributed by atoms with Gasteiger partial charge in [-0.3, -0.25) is 4.79 Å². The maximum Gasteiger partial charge on any atom is 0.315 e. The van der Waals surface area contributed by atoms with Crippen molar-refractivity contribution in [3.05, 3.63) is 40.4 Å². The van der Waals surface area contributed by atoms with Gasteiger partial charge in [0.05, 0.1) is 12.3 Å². The number of benzene rings is 1. The molecule has 4 heteroatoms. The lowest BCUT2D eigenvalue weighted by molar-refractivity contribution is -0.145. The molecule has 0 saturated heterocycles. The highest BCUT2D eigenvalue weighted by Gasteiger charge is 2.31. The Morgan fingerprint density at radius 2 is 2.33 bits per heavy atom. The fourth-order valence-corrected chi connectivity index (χ4v) is 3.95. The van der Waals surface area contributed by atoms with Crippen LogP contribution in [0.3, 0.4) is 0 Å². The molecular weight excluding hydrogens is 282 g/mol. The lowest BCUT2D eigenvalue weighted by Gasteiger charge is -2.19. The van der Waals surface area contributed by atoms with Gasteiger partial charge in [-0.05, 0) is 39.2 Å². The molecule has 3 rings (SSSR count). The second-order valence-corrected chi connectivity index (χ2v) is 6.48. The monoisotopic (exact) mass is 301 g/mol. The van der Waals surface area contributed by atoms with Crippen molar-refractivity contribution in [2.45, 2.75) is 39.0 Å². The van der Waals surface area contributed by atoms with Crippen LogP contribution in [-0.2, 0) is 16.0 Å². The number of hydrogen-bond donors (Lipinski definition) is 0. The van der Waals surface area contributed by atoms with Gasteiger partial charge in [0.25, 0.3) is 0 Å². The molecule has 1 atom stereocenters. The van der Waals surface area contributed by atoms with E-state index in [4.69, 9.17) is 9.72 Å². The highest BCUT2D eigenvalue weighted by Crippen LogP contribution is 2.38. The van der Waals surface area contributed by atoms with Gasteiger partial charge in [0.2, 0.25) is 0 Å². The van der Waals surface area contributed by atoms with E-state index in [1.54, 1.807) is 11.3 Å². The van der Waals surface area contributed by atoms with Gasteiger partial charge in [0.15, 0.2) is 0 Å². The third-order valence-electron chi connectivity index (χ3n) is 3.79. The van der Waals surface area contributed by atoms with E-state index in [2.05, 4.69) is 25.1 Å². The van der Waals surface area contributed by atoms with Crippen LogP contribution in [0.5, 0.6) is 0 Å². The molecule has 0 amide bonds. The highest BCUT2D eigenvalue weighted by molar-refractivity contribution is 7.15. The number of carbonyl (C=O) groups excluding carboxylic acids is 1. The van der Waals surface area contributed by atoms with Crippen molar-refractivity contribution in [1.82, 2.24) is 4.98 Å². The lowest BCUT2D eigenvalue weighted by Crippen LogP contribution is -2.20. The van der Waals surface area contributed by atoms with E-state index in [0.29, 0.717) is 6.61 Å². The lowest BCUT2D eigenvalue weighted by atomic mass is 9.91. The van der Waals surface area contributed by atoms with Gasteiger partial charge in [-0.1, -0.05) is 23.8 Å². The Balaban J connectivity index is 1.96. The molecular formula is C17H19NO2S. The van der Waals surface area contributed by atoms with Crippen LogP contribution in [0.25, 0.3) is 10.6 Å². The maximum atomic E-state index is 12.1. The number of nitrogens with zero attached hydrogens (tertiary/aromatic N) is 1. The summed E-state index contributed by atoms with van der Waals surface area (Å²) in [5.41, 5.74) is 3.31. The van der Waals surface area contributed by atoms with Crippen molar-refractivity contribution in [2.75, 3.05) is 6.61 Å². The van der Waals surface area contributed by atoms with Crippen LogP contribution in [0.4, 0.5) is 0 Å². The van der Waals surface area contributed by atoms with Crippen LogP contribution >= 0.6 is 11.3 Å². The van der Waals surface area contributed by atoms with E-state index in [9.17, 15) is 4.79 Å². The van der Waals surface area contributed by atoms with Crippen molar-refractivity contribution >= 4 is 17.3 Å². The Morgan fingerprint density at radius 3 is 3.10 bits per heavy atom. The minimum absolute atomic E-state index is 0.125. The van der Waals surface area contributed by atoms with Gasteiger partial charge < -0.3 is 4.74 Å². The second-order valence-electron chi connectivity index (χ2n) is 5.39. The first-order chi connectivity index (χ1) is 10.2. The molecule has 1 heterocycles. The van der Waals surface area contributed by atoms with Gasteiger partial charge in [0, 0.05) is 10.4 Å². The number of fused-ring (bicyclic) bond motifs is 1. The summed E-state index contributed by atoms with van der Waals surface area (Å²) < 4.78 is 5.20. The van der Waals surface area contributed by atoms with Gasteiger partial charge in [-0.25, -0.2) is 4.98 Å². The number of aryl methyl sites for hydroxylation is 2. The molecule has 0 fully saturated rings. The fourth-order valence-electron chi connectivity index (χ4n) is 2.79. The van der Waals surface area contributed by atoms with Crippen LogP contribution in [-0.4, -0.2) is 17.6 Å². The number of thiazole rings is 1. The SMILES string of the molecule is CCOC(=O)C1CCCc2sc(-c3cccc(C)c3)nc21. The summed E-state index contributed by atoms with van der Waals surface area (Å²) in [6, 6.07) is 8.35. The summed E-state index contributed by atoms with van der Waals surface area (Å²) in [7, 11) is 0. The van der Waals surface area contributed by atoms with Crippen LogP contribution < -0.4 is 0 Å². The predicted octanol–water partition coefficient (Wildman–Crippen LogP) is 4.10. The zero-order valence-electron chi connectivity index (χ0n) is 12.4. The number of rotatable bonds is 3. The van der Waals surface area contributed by atoms with E-state index < -0.39 is 0 Å². The quantitative estimate of drug-likeness (QED) is 0.801. The first-order valence-corrected chi connectivity index (χ1v) is 8.24. The zero-order chi connectivity index (χ0) is 14.8. The van der Waals surface area contributed by atoms with E-state index in [1.165, 1.54) is 10.4 Å². The van der Waals surface area contributed by atoms with Crippen molar-refractivity contribution in [3.63, 3.8) is 0 Å². The number of esters is 1. The molecule has 0 N–H and O–H groups in total. The second kappa shape index (κ2) is 5.98. The minimum Gasteiger partial charge on any atom is -0.465 e. The Bertz CT molecular complexity index is 663. The minimum atomic E-state index is -0.177. The molecule has 110 valence electrons. The Labute approximate surface area is 129 Å². The topological polar surface area (TPSA) is 39.2 Å². The summed E-state index contributed by atoms with van der Waals surface area (Å²) >= 11 is 1.72. The largest absolute Gasteiger partial charge is 0.465 e. The molecule has 3 nitrogen and oxygen atoms in total. The van der Waals surface area contributed by atoms with E-state index in [1.807, 2.05) is 13.0 Å². The Kier molecular flexibility index (Phi) is 4.06. The molecule has 1 unspecified atom stereocenters. The van der Waals surface area contributed by atoms with Gasteiger partial charge in [-0.2, -0.15) is 0 Å². The average Bonchev–Trinajstić information content (AvgIpc) is 2.91. The fraction of sp³-hybridized carbons (Fsp3) is 0.412. The average molecular weight is 301 g/mol. The molecule has 0 saturated carbocycles. The summed E-state index contributed by atoms with van der Waals surface area (Å²) in [6.07, 6.45) is 2.91. The van der Waals surface area contributed by atoms with Crippen molar-refractivity contribution in [2.24, 2.45) is 0 Å². The molecule has 0 bridgehead atoms. The van der Waals surface area contributed by atoms with Crippen molar-refractivity contribution in [1.29, 1.82) is 0 Å². The molecule has 1 aromatic carbocycles. The van der Waals surface area contributed by atoms with Crippen LogP contribution in [0, 0.1) is 6.92 Å². The zero-order valence-corrected chi connectivity index (χ0v) is 13.2. The third-order valence-corrected chi connectivity index (χ3v) is 4.97. The van der Waals surface area contributed by atoms with Gasteiger partial charge in [-0.15, -0.1) is 11.3 Å². The first-order valence-electron chi connectivity index (χ1n) is 7.42. The number of hydrogen-bond acceptors (Lipinski definition) is 4. The Morgan fingerprint density at radius 1 is 1.48 bits per heavy atom. The number of ether oxygens (including phenoxy) is 1.